The first-order valence-corrected chi connectivity index (χ1v) is 7.29. The molecule has 0 aliphatic carbocycles. The van der Waals surface area contributed by atoms with Crippen molar-refractivity contribution < 1.29 is 0 Å². The molecule has 108 valence electrons. The van der Waals surface area contributed by atoms with E-state index in [1.807, 2.05) is 7.05 Å². The Hall–Kier alpha value is -1.01. The summed E-state index contributed by atoms with van der Waals surface area (Å²) in [5.74, 6) is 2.31. The topological polar surface area (TPSA) is 58.9 Å². The van der Waals surface area contributed by atoms with Crippen molar-refractivity contribution in [3.8, 4) is 0 Å². The van der Waals surface area contributed by atoms with E-state index in [1.165, 1.54) is 17.6 Å². The molecule has 6 heteroatoms. The van der Waals surface area contributed by atoms with Gasteiger partial charge in [0, 0.05) is 6.54 Å². The van der Waals surface area contributed by atoms with Gasteiger partial charge in [-0.2, -0.15) is 4.80 Å². The van der Waals surface area contributed by atoms with Gasteiger partial charge in [0.25, 0.3) is 0 Å². The SMILES string of the molecule is CC(C)CNCC1CCCN(Cc2nnn(C)n2)C1. The van der Waals surface area contributed by atoms with Gasteiger partial charge in [0.05, 0.1) is 13.6 Å². The van der Waals surface area contributed by atoms with Gasteiger partial charge in [-0.25, -0.2) is 0 Å². The molecule has 1 aliphatic rings. The van der Waals surface area contributed by atoms with Crippen LogP contribution in [0.2, 0.25) is 0 Å². The van der Waals surface area contributed by atoms with E-state index in [0.29, 0.717) is 0 Å². The monoisotopic (exact) mass is 266 g/mol. The number of hydrogen-bond donors (Lipinski definition) is 1. The van der Waals surface area contributed by atoms with Crippen LogP contribution in [-0.2, 0) is 13.6 Å². The van der Waals surface area contributed by atoms with Crippen LogP contribution in [0.25, 0.3) is 0 Å². The molecule has 1 atom stereocenters. The number of piperidine rings is 1. The summed E-state index contributed by atoms with van der Waals surface area (Å²) < 4.78 is 0. The zero-order chi connectivity index (χ0) is 13.7. The summed E-state index contributed by atoms with van der Waals surface area (Å²) in [4.78, 5) is 3.98. The zero-order valence-electron chi connectivity index (χ0n) is 12.3. The standard InChI is InChI=1S/C13H26N6/c1-11(2)7-14-8-12-5-4-6-19(9-12)10-13-15-17-18(3)16-13/h11-12,14H,4-10H2,1-3H3. The largest absolute Gasteiger partial charge is 0.316 e. The molecule has 0 radical (unpaired) electrons. The van der Waals surface area contributed by atoms with Crippen LogP contribution in [0.4, 0.5) is 0 Å². The lowest BCUT2D eigenvalue weighted by Crippen LogP contribution is -2.40. The molecule has 2 rings (SSSR count). The Labute approximate surface area is 115 Å². The van der Waals surface area contributed by atoms with Gasteiger partial charge in [0.1, 0.15) is 0 Å². The van der Waals surface area contributed by atoms with Crippen LogP contribution >= 0.6 is 0 Å². The summed E-state index contributed by atoms with van der Waals surface area (Å²) in [7, 11) is 1.81. The molecule has 1 saturated heterocycles. The van der Waals surface area contributed by atoms with Crippen LogP contribution in [0.5, 0.6) is 0 Å². The van der Waals surface area contributed by atoms with Crippen LogP contribution in [0.3, 0.4) is 0 Å². The number of aromatic nitrogens is 4. The third kappa shape index (κ3) is 4.87. The summed E-state index contributed by atoms with van der Waals surface area (Å²) in [5, 5.41) is 15.8. The second kappa shape index (κ2) is 6.96. The second-order valence-corrected chi connectivity index (χ2v) is 5.99. The molecule has 0 spiro atoms. The van der Waals surface area contributed by atoms with Gasteiger partial charge in [0.15, 0.2) is 5.82 Å². The zero-order valence-corrected chi connectivity index (χ0v) is 12.3. The van der Waals surface area contributed by atoms with E-state index in [9.17, 15) is 0 Å². The van der Waals surface area contributed by atoms with Gasteiger partial charge in [-0.3, -0.25) is 4.90 Å². The number of nitrogens with zero attached hydrogens (tertiary/aromatic N) is 5. The smallest absolute Gasteiger partial charge is 0.188 e. The Balaban J connectivity index is 1.74. The number of tetrazole rings is 1. The van der Waals surface area contributed by atoms with E-state index in [0.717, 1.165) is 50.4 Å². The molecule has 0 amide bonds. The average molecular weight is 266 g/mol. The van der Waals surface area contributed by atoms with Crippen molar-refractivity contribution in [3.63, 3.8) is 0 Å². The maximum absolute atomic E-state index is 4.25. The maximum Gasteiger partial charge on any atom is 0.188 e. The fraction of sp³-hybridized carbons (Fsp3) is 0.923. The minimum Gasteiger partial charge on any atom is -0.316 e. The Morgan fingerprint density at radius 3 is 2.95 bits per heavy atom. The Morgan fingerprint density at radius 1 is 1.42 bits per heavy atom. The molecule has 1 unspecified atom stereocenters. The van der Waals surface area contributed by atoms with E-state index in [-0.39, 0.29) is 0 Å². The van der Waals surface area contributed by atoms with Crippen molar-refractivity contribution in [1.82, 2.24) is 30.4 Å². The summed E-state index contributed by atoms with van der Waals surface area (Å²) >= 11 is 0. The average Bonchev–Trinajstić information content (AvgIpc) is 2.75. The predicted octanol–water partition coefficient (Wildman–Crippen LogP) is 0.668. The summed E-state index contributed by atoms with van der Waals surface area (Å²) in [5.41, 5.74) is 0. The Bertz CT molecular complexity index is 375. The molecule has 1 N–H and O–H groups in total. The molecule has 0 saturated carbocycles. The number of nitrogens with one attached hydrogen (secondary N) is 1. The van der Waals surface area contributed by atoms with Gasteiger partial charge >= 0.3 is 0 Å². The van der Waals surface area contributed by atoms with Crippen LogP contribution < -0.4 is 5.32 Å². The van der Waals surface area contributed by atoms with Crippen molar-refractivity contribution in [3.05, 3.63) is 5.82 Å². The van der Waals surface area contributed by atoms with Gasteiger partial charge in [0.2, 0.25) is 0 Å². The quantitative estimate of drug-likeness (QED) is 0.820. The third-order valence-corrected chi connectivity index (χ3v) is 3.50. The lowest BCUT2D eigenvalue weighted by Gasteiger charge is -2.32. The van der Waals surface area contributed by atoms with Gasteiger partial charge in [-0.1, -0.05) is 13.8 Å². The Morgan fingerprint density at radius 2 is 2.26 bits per heavy atom. The summed E-state index contributed by atoms with van der Waals surface area (Å²) in [6, 6.07) is 0. The lowest BCUT2D eigenvalue weighted by molar-refractivity contribution is 0.161. The molecule has 1 aromatic heterocycles. The molecule has 1 aromatic rings. The molecular weight excluding hydrogens is 240 g/mol. The minimum atomic E-state index is 0.725. The van der Waals surface area contributed by atoms with Crippen molar-refractivity contribution >= 4 is 0 Å². The highest BCUT2D eigenvalue weighted by Crippen LogP contribution is 2.17. The van der Waals surface area contributed by atoms with Crippen LogP contribution in [0, 0.1) is 11.8 Å². The molecule has 1 fully saturated rings. The maximum atomic E-state index is 4.25. The fourth-order valence-corrected chi connectivity index (χ4v) is 2.62. The fourth-order valence-electron chi connectivity index (χ4n) is 2.62. The molecule has 6 nitrogen and oxygen atoms in total. The van der Waals surface area contributed by atoms with Gasteiger partial charge < -0.3 is 5.32 Å². The van der Waals surface area contributed by atoms with E-state index in [2.05, 4.69) is 39.5 Å². The number of aryl methyl sites for hydroxylation is 1. The second-order valence-electron chi connectivity index (χ2n) is 5.99. The van der Waals surface area contributed by atoms with Crippen molar-refractivity contribution in [1.29, 1.82) is 0 Å². The van der Waals surface area contributed by atoms with Gasteiger partial charge in [-0.05, 0) is 49.5 Å². The first-order valence-electron chi connectivity index (χ1n) is 7.29. The number of likely N-dealkylation sites (tertiary alicyclic amines) is 1. The Kier molecular flexibility index (Phi) is 5.27. The van der Waals surface area contributed by atoms with E-state index < -0.39 is 0 Å². The van der Waals surface area contributed by atoms with Crippen molar-refractivity contribution in [2.75, 3.05) is 26.2 Å². The van der Waals surface area contributed by atoms with E-state index in [4.69, 9.17) is 0 Å². The highest BCUT2D eigenvalue weighted by Gasteiger charge is 2.20. The van der Waals surface area contributed by atoms with Crippen LogP contribution in [-0.4, -0.2) is 51.3 Å². The molecule has 2 heterocycles. The first kappa shape index (κ1) is 14.4. The van der Waals surface area contributed by atoms with Crippen molar-refractivity contribution in [2.24, 2.45) is 18.9 Å². The first-order chi connectivity index (χ1) is 9.13. The minimum absolute atomic E-state index is 0.725. The lowest BCUT2D eigenvalue weighted by atomic mass is 9.98. The number of rotatable bonds is 6. The van der Waals surface area contributed by atoms with Gasteiger partial charge in [-0.15, -0.1) is 10.2 Å². The van der Waals surface area contributed by atoms with Crippen LogP contribution in [0.15, 0.2) is 0 Å². The highest BCUT2D eigenvalue weighted by atomic mass is 15.6. The molecule has 0 bridgehead atoms. The third-order valence-electron chi connectivity index (χ3n) is 3.50. The van der Waals surface area contributed by atoms with E-state index >= 15 is 0 Å². The normalized spacial score (nSPS) is 21.2. The molecule has 19 heavy (non-hydrogen) atoms. The highest BCUT2D eigenvalue weighted by molar-refractivity contribution is 4.81. The van der Waals surface area contributed by atoms with Crippen molar-refractivity contribution in [2.45, 2.75) is 33.2 Å². The molecule has 0 aromatic carbocycles. The summed E-state index contributed by atoms with van der Waals surface area (Å²) in [6.07, 6.45) is 2.60. The predicted molar refractivity (Wildman–Crippen MR) is 74.5 cm³/mol. The van der Waals surface area contributed by atoms with Crippen LogP contribution in [0.1, 0.15) is 32.5 Å². The number of hydrogen-bond acceptors (Lipinski definition) is 5. The molecule has 1 aliphatic heterocycles. The summed E-state index contributed by atoms with van der Waals surface area (Å²) in [6.45, 7) is 9.86. The van der Waals surface area contributed by atoms with E-state index in [1.54, 1.807) is 0 Å². The molecular formula is C13H26N6.